The molecule has 44 atom stereocenters. The Hall–Kier alpha value is -5.28. The summed E-state index contributed by atoms with van der Waals surface area (Å²) >= 11 is 0. The van der Waals surface area contributed by atoms with Crippen molar-refractivity contribution in [1.82, 2.24) is 60.0 Å². The first kappa shape index (κ1) is 97.8. The Morgan fingerprint density at radius 1 is 0.258 bits per heavy atom. The Kier molecular flexibility index (Phi) is 34.0. The van der Waals surface area contributed by atoms with E-state index in [1.165, 1.54) is 0 Å². The van der Waals surface area contributed by atoms with Crippen molar-refractivity contribution in [3.05, 3.63) is 47.6 Å². The molecule has 8 aliphatic heterocycles. The molecule has 0 saturated carbocycles. The summed E-state index contributed by atoms with van der Waals surface area (Å²) in [5, 5.41) is 354. The number of aromatic nitrogens is 12. The SMILES string of the molecule is OC[C@H]1O[C@@H](O[C@H]2[C@H](O)[C@@H](O)[C@H](n3cc(COC[C@@H](OCc4cn([C@@H]5O[C@H](CO)[C@@H](O[C@@H]6O[C@H](CO)[C@H](O)[C@H](O)[C@H]6O)[C@H](O)[C@H]5O)nn4)[C@@H](O)[C@H](O)[C@@H](COCc4cn([C@@H]5O[C@H](CO)[C@@H](O[C@@H]6O[C@H](CO)[C@H](O)[C@H](O)[C@H]6O)[C@H](O)[C@H]5O)nn4)OCc4cn([C@@H]5O[C@H](CO)[C@@H](O[C@@H]6O[C@H](CO)[C@H](O)[C@H](O)[C@H]6O)[C@H](O)[C@H]5O)nn4)nn3)O[C@@H]2CO)[C@H](O)[C@@H](O)[C@H]1O. The van der Waals surface area contributed by atoms with Gasteiger partial charge in [0.15, 0.2) is 50.1 Å². The predicted molar refractivity (Wildman–Crippen MR) is 375 cm³/mol. The first-order valence-electron chi connectivity index (χ1n) is 38.9. The molecular formula is C66H106N12O46. The summed E-state index contributed by atoms with van der Waals surface area (Å²) in [7, 11) is 0. The van der Waals surface area contributed by atoms with Crippen molar-refractivity contribution >= 4 is 0 Å². The number of hydrogen-bond acceptors (Lipinski definition) is 54. The monoisotopic (exact) mass is 1800 g/mol. The van der Waals surface area contributed by atoms with Crippen molar-refractivity contribution in [3.8, 4) is 0 Å². The van der Waals surface area contributed by atoms with E-state index in [4.69, 9.17) is 75.8 Å². The van der Waals surface area contributed by atoms with Crippen LogP contribution in [0.4, 0.5) is 0 Å². The highest BCUT2D eigenvalue weighted by Gasteiger charge is 2.57. The van der Waals surface area contributed by atoms with Crippen LogP contribution >= 0.6 is 0 Å². The predicted octanol–water partition coefficient (Wildman–Crippen LogP) is -21.1. The number of rotatable bonds is 37. The summed E-state index contributed by atoms with van der Waals surface area (Å²) in [6.07, 6.45) is -75.8. The third-order valence-electron chi connectivity index (χ3n) is 22.3. The molecule has 12 heterocycles. The van der Waals surface area contributed by atoms with E-state index in [0.29, 0.717) is 0 Å². The molecule has 30 N–H and O–H groups in total. The van der Waals surface area contributed by atoms with E-state index in [2.05, 4.69) is 41.2 Å². The Bertz CT molecular complexity index is 3620. The molecule has 8 aliphatic rings. The van der Waals surface area contributed by atoms with Gasteiger partial charge in [0, 0.05) is 0 Å². The largest absolute Gasteiger partial charge is 0.394 e. The van der Waals surface area contributed by atoms with Crippen molar-refractivity contribution < 1.29 is 229 Å². The Morgan fingerprint density at radius 3 is 0.677 bits per heavy atom. The van der Waals surface area contributed by atoms with Gasteiger partial charge >= 0.3 is 0 Å². The van der Waals surface area contributed by atoms with Crippen molar-refractivity contribution in [2.45, 2.75) is 296 Å². The highest BCUT2D eigenvalue weighted by Crippen LogP contribution is 2.39. The molecule has 58 nitrogen and oxygen atoms in total. The van der Waals surface area contributed by atoms with Crippen LogP contribution in [0.2, 0.25) is 0 Å². The van der Waals surface area contributed by atoms with Gasteiger partial charge in [0.2, 0.25) is 0 Å². The number of nitrogens with zero attached hydrogens (tertiary/aromatic N) is 12. The molecule has 8 fully saturated rings. The van der Waals surface area contributed by atoms with E-state index in [1.54, 1.807) is 0 Å². The van der Waals surface area contributed by atoms with Gasteiger partial charge in [0.1, 0.15) is 243 Å². The molecule has 0 radical (unpaired) electrons. The summed E-state index contributed by atoms with van der Waals surface area (Å²) < 4.78 is 95.6. The van der Waals surface area contributed by atoms with Gasteiger partial charge in [0.25, 0.3) is 0 Å². The van der Waals surface area contributed by atoms with Crippen molar-refractivity contribution in [2.75, 3.05) is 66.1 Å². The van der Waals surface area contributed by atoms with E-state index in [1.807, 2.05) is 0 Å². The van der Waals surface area contributed by atoms with Gasteiger partial charge < -0.3 is 229 Å². The average molecular weight is 1800 g/mol. The smallest absolute Gasteiger partial charge is 0.187 e. The third-order valence-corrected chi connectivity index (χ3v) is 22.3. The van der Waals surface area contributed by atoms with Gasteiger partial charge in [-0.2, -0.15) is 0 Å². The van der Waals surface area contributed by atoms with Gasteiger partial charge in [-0.3, -0.25) is 0 Å². The summed E-state index contributed by atoms with van der Waals surface area (Å²) in [5.74, 6) is 0. The fraction of sp³-hybridized carbons (Fsp3) is 0.879. The summed E-state index contributed by atoms with van der Waals surface area (Å²) in [6, 6.07) is 0. The number of aliphatic hydroxyl groups excluding tert-OH is 30. The van der Waals surface area contributed by atoms with Gasteiger partial charge in [0.05, 0.1) is 117 Å². The molecule has 4 aromatic heterocycles. The lowest BCUT2D eigenvalue weighted by molar-refractivity contribution is -0.347. The normalized spacial score (nSPS) is 42.9. The van der Waals surface area contributed by atoms with Crippen LogP contribution in [-0.4, -0.2) is 524 Å². The summed E-state index contributed by atoms with van der Waals surface area (Å²) in [5.41, 5.74) is -0.522. The molecule has 0 aliphatic carbocycles. The zero-order valence-electron chi connectivity index (χ0n) is 64.9. The lowest BCUT2D eigenvalue weighted by Gasteiger charge is -2.45. The van der Waals surface area contributed by atoms with Crippen LogP contribution in [0.25, 0.3) is 0 Å². The lowest BCUT2D eigenvalue weighted by Crippen LogP contribution is -2.63. The zero-order valence-corrected chi connectivity index (χ0v) is 64.9. The minimum atomic E-state index is -2.23. The molecule has 12 rings (SSSR count). The van der Waals surface area contributed by atoms with E-state index in [0.717, 1.165) is 43.5 Å². The van der Waals surface area contributed by atoms with Gasteiger partial charge in [-0.05, 0) is 0 Å². The Balaban J connectivity index is 0.778. The van der Waals surface area contributed by atoms with Gasteiger partial charge in [-0.15, -0.1) is 20.4 Å². The second-order valence-corrected chi connectivity index (χ2v) is 30.6. The molecule has 4 aromatic rings. The molecule has 58 heteroatoms. The minimum absolute atomic E-state index is 0.0927. The molecule has 124 heavy (non-hydrogen) atoms. The van der Waals surface area contributed by atoms with Crippen molar-refractivity contribution in [3.63, 3.8) is 0 Å². The molecule has 8 saturated heterocycles. The van der Waals surface area contributed by atoms with E-state index in [-0.39, 0.29) is 22.8 Å². The number of hydrogen-bond donors (Lipinski definition) is 30. The van der Waals surface area contributed by atoms with Crippen LogP contribution in [0.15, 0.2) is 24.8 Å². The first-order valence-corrected chi connectivity index (χ1v) is 38.9. The maximum Gasteiger partial charge on any atom is 0.187 e. The maximum atomic E-state index is 12.5. The van der Waals surface area contributed by atoms with Crippen molar-refractivity contribution in [1.29, 1.82) is 0 Å². The average Bonchev–Trinajstić information content (AvgIpc) is 1.22. The van der Waals surface area contributed by atoms with Crippen molar-refractivity contribution in [2.24, 2.45) is 0 Å². The van der Waals surface area contributed by atoms with Crippen LogP contribution in [0.5, 0.6) is 0 Å². The van der Waals surface area contributed by atoms with Crippen LogP contribution in [0, 0.1) is 0 Å². The Morgan fingerprint density at radius 2 is 0.468 bits per heavy atom. The topological polar surface area (TPSA) is 877 Å². The molecule has 706 valence electrons. The Labute approximate surface area is 697 Å². The molecule has 0 amide bonds. The summed E-state index contributed by atoms with van der Waals surface area (Å²) in [4.78, 5) is 0. The molecule has 0 bridgehead atoms. The van der Waals surface area contributed by atoms with Gasteiger partial charge in [-0.1, -0.05) is 20.9 Å². The van der Waals surface area contributed by atoms with Crippen LogP contribution < -0.4 is 0 Å². The highest BCUT2D eigenvalue weighted by molar-refractivity contribution is 5.05. The molecule has 0 unspecified atom stereocenters. The fourth-order valence-corrected chi connectivity index (χ4v) is 15.0. The lowest BCUT2D eigenvalue weighted by atomic mass is 9.96. The molecular weight excluding hydrogens is 1700 g/mol. The van der Waals surface area contributed by atoms with E-state index < -0.39 is 362 Å². The molecule has 0 aromatic carbocycles. The second-order valence-electron chi connectivity index (χ2n) is 30.6. The van der Waals surface area contributed by atoms with Crippen LogP contribution in [0.3, 0.4) is 0 Å². The van der Waals surface area contributed by atoms with Crippen LogP contribution in [-0.2, 0) is 102 Å². The first-order chi connectivity index (χ1) is 59.2. The van der Waals surface area contributed by atoms with Crippen LogP contribution in [0.1, 0.15) is 47.7 Å². The minimum Gasteiger partial charge on any atom is -0.394 e. The second kappa shape index (κ2) is 43.2. The summed E-state index contributed by atoms with van der Waals surface area (Å²) in [6.45, 7) is -11.4. The number of ether oxygens (including phenoxy) is 16. The molecule has 0 spiro atoms. The van der Waals surface area contributed by atoms with E-state index >= 15 is 0 Å². The highest BCUT2D eigenvalue weighted by atomic mass is 16.8. The van der Waals surface area contributed by atoms with Gasteiger partial charge in [-0.25, -0.2) is 18.7 Å². The quantitative estimate of drug-likeness (QED) is 0.0199. The van der Waals surface area contributed by atoms with E-state index in [9.17, 15) is 153 Å². The standard InChI is InChI=1S/C66H106N12O46/c79-5-23-33(87)39(93)51(105)63(117-23)121-55-27(9-83)113-59(47(101)43(55)97)75-1-19(67-71-75)13-109-17-31(111-15-21-3-77(73-69-21)61-49(103)45(99)57(29(11-85)115-61)123-65-53(107)41(95)35(89)25(7-81)119-65)37(91)38(92)32(112-16-22-4-78(74-70-22)62-50(104)46(100)58(30(12-86)116-62)124-66-54(108)42(96)36(90)26(8-82)120-66)18-110-14-20-2-76(72-68-20)60-48(102)44(98)56(28(10-84)114-60)122-64-52(106)40(94)34(88)24(6-80)118-64/h1-4,23-66,79-108H,5-18H2/t23-,24-,25-,26-,27-,28-,29-,30-,31-,32-,33+,34+,35+,36+,37-,38-,39+,40+,41+,42+,43-,44-,45-,46-,47-,48-,49-,50-,51-,52-,53-,54-,55-,56-,57-,58-,59-,60-,61-,62-,63+,64+,65+,66+/m1/s1. The zero-order chi connectivity index (χ0) is 89.7. The maximum absolute atomic E-state index is 12.5. The third kappa shape index (κ3) is 21.0. The fourth-order valence-electron chi connectivity index (χ4n) is 15.0. The number of aliphatic hydroxyl groups is 30.